The molecule has 0 aromatic heterocycles. The molecule has 0 N–H and O–H groups in total. The molecule has 3 aromatic rings. The zero-order chi connectivity index (χ0) is 24.5. The van der Waals surface area contributed by atoms with Gasteiger partial charge in [0.05, 0.1) is 26.0 Å². The molecule has 0 heterocycles. The van der Waals surface area contributed by atoms with Crippen LogP contribution in [0, 0.1) is 13.8 Å². The van der Waals surface area contributed by atoms with Crippen LogP contribution in [-0.2, 0) is 20.9 Å². The number of carbonyl (C=O) groups excluding carboxylic acids is 2. The van der Waals surface area contributed by atoms with Crippen LogP contribution in [-0.4, -0.2) is 26.0 Å². The molecule has 0 aliphatic rings. The smallest absolute Gasteiger partial charge is 0.341 e. The van der Waals surface area contributed by atoms with Crippen LogP contribution in [0.2, 0.25) is 0 Å². The first kappa shape index (κ1) is 24.5. The molecular formula is C29H28O5. The highest BCUT2D eigenvalue weighted by Gasteiger charge is 2.17. The van der Waals surface area contributed by atoms with Crippen LogP contribution in [0.1, 0.15) is 38.2 Å². The van der Waals surface area contributed by atoms with E-state index in [4.69, 9.17) is 14.2 Å². The van der Waals surface area contributed by atoms with Gasteiger partial charge < -0.3 is 14.2 Å². The number of ether oxygens (including phenoxy) is 3. The Labute approximate surface area is 200 Å². The Balaban J connectivity index is 1.82. The lowest BCUT2D eigenvalue weighted by Gasteiger charge is -2.14. The minimum absolute atomic E-state index is 0.152. The lowest BCUT2D eigenvalue weighted by Crippen LogP contribution is -2.09. The number of benzene rings is 3. The van der Waals surface area contributed by atoms with Gasteiger partial charge in [0, 0.05) is 0 Å². The highest BCUT2D eigenvalue weighted by Crippen LogP contribution is 2.25. The van der Waals surface area contributed by atoms with Gasteiger partial charge in [0.2, 0.25) is 0 Å². The number of allylic oxidation sites excluding steroid dienone is 1. The third kappa shape index (κ3) is 6.01. The van der Waals surface area contributed by atoms with E-state index in [0.717, 1.165) is 11.1 Å². The summed E-state index contributed by atoms with van der Waals surface area (Å²) in [6.45, 7) is 4.25. The van der Waals surface area contributed by atoms with Crippen LogP contribution in [0.15, 0.2) is 79.1 Å². The predicted octanol–water partition coefficient (Wildman–Crippen LogP) is 5.94. The SMILES string of the molecule is CO/C=C(/C(=O)OC)c1ccccc1COc1ccccc1C(=O)/C=C/c1ccc(C)c(C)c1. The number of ketones is 1. The minimum Gasteiger partial charge on any atom is -0.503 e. The standard InChI is InChI=1S/C29H28O5/c1-20-13-14-22(17-21(20)2)15-16-27(30)25-11-7-8-12-28(25)34-18-23-9-5-6-10-24(23)26(19-32-3)29(31)33-4/h5-17,19H,18H2,1-4H3/b16-15+,26-19+. The molecule has 0 spiro atoms. The van der Waals surface area contributed by atoms with Crippen molar-refractivity contribution in [2.75, 3.05) is 14.2 Å². The highest BCUT2D eigenvalue weighted by atomic mass is 16.5. The van der Waals surface area contributed by atoms with Crippen molar-refractivity contribution in [3.05, 3.63) is 112 Å². The zero-order valence-electron chi connectivity index (χ0n) is 19.8. The van der Waals surface area contributed by atoms with Crippen LogP contribution < -0.4 is 4.74 Å². The summed E-state index contributed by atoms with van der Waals surface area (Å²) in [5.74, 6) is -0.208. The molecule has 0 aliphatic carbocycles. The Bertz CT molecular complexity index is 1240. The molecule has 0 fully saturated rings. The van der Waals surface area contributed by atoms with Gasteiger partial charge in [-0.05, 0) is 59.9 Å². The summed E-state index contributed by atoms with van der Waals surface area (Å²) in [4.78, 5) is 25.2. The van der Waals surface area contributed by atoms with Crippen LogP contribution >= 0.6 is 0 Å². The Morgan fingerprint density at radius 3 is 2.26 bits per heavy atom. The average Bonchev–Trinajstić information content (AvgIpc) is 2.86. The van der Waals surface area contributed by atoms with E-state index in [1.807, 2.05) is 49.4 Å². The van der Waals surface area contributed by atoms with Gasteiger partial charge in [0.25, 0.3) is 0 Å². The lowest BCUT2D eigenvalue weighted by molar-refractivity contribution is -0.133. The first-order valence-electron chi connectivity index (χ1n) is 10.9. The fraction of sp³-hybridized carbons (Fsp3) is 0.172. The van der Waals surface area contributed by atoms with Crippen LogP contribution in [0.3, 0.4) is 0 Å². The number of aryl methyl sites for hydroxylation is 2. The van der Waals surface area contributed by atoms with Crippen LogP contribution in [0.25, 0.3) is 11.6 Å². The number of carbonyl (C=O) groups is 2. The van der Waals surface area contributed by atoms with Crippen LogP contribution in [0.4, 0.5) is 0 Å². The van der Waals surface area contributed by atoms with Gasteiger partial charge in [0.15, 0.2) is 5.78 Å². The molecule has 0 unspecified atom stereocenters. The Morgan fingerprint density at radius 1 is 0.853 bits per heavy atom. The van der Waals surface area contributed by atoms with E-state index < -0.39 is 5.97 Å². The molecule has 0 aliphatic heterocycles. The van der Waals surface area contributed by atoms with Gasteiger partial charge in [-0.1, -0.05) is 60.7 Å². The maximum absolute atomic E-state index is 12.9. The monoisotopic (exact) mass is 456 g/mol. The highest BCUT2D eigenvalue weighted by molar-refractivity contribution is 6.16. The number of hydrogen-bond donors (Lipinski definition) is 0. The molecule has 174 valence electrons. The van der Waals surface area contributed by atoms with Gasteiger partial charge in [-0.15, -0.1) is 0 Å². The fourth-order valence-corrected chi connectivity index (χ4v) is 3.44. The molecule has 0 amide bonds. The molecule has 0 saturated carbocycles. The van der Waals surface area contributed by atoms with Crippen molar-refractivity contribution in [2.24, 2.45) is 0 Å². The van der Waals surface area contributed by atoms with Gasteiger partial charge >= 0.3 is 5.97 Å². The summed E-state index contributed by atoms with van der Waals surface area (Å²) in [6.07, 6.45) is 4.70. The largest absolute Gasteiger partial charge is 0.503 e. The average molecular weight is 457 g/mol. The van der Waals surface area contributed by atoms with Crippen molar-refractivity contribution < 1.29 is 23.8 Å². The first-order valence-corrected chi connectivity index (χ1v) is 10.9. The minimum atomic E-state index is -0.513. The van der Waals surface area contributed by atoms with Crippen molar-refractivity contribution in [1.29, 1.82) is 0 Å². The van der Waals surface area contributed by atoms with E-state index in [0.29, 0.717) is 16.9 Å². The number of rotatable bonds is 9. The zero-order valence-corrected chi connectivity index (χ0v) is 19.8. The number of methoxy groups -OCH3 is 2. The van der Waals surface area contributed by atoms with Crippen molar-refractivity contribution in [2.45, 2.75) is 20.5 Å². The number of para-hydroxylation sites is 1. The van der Waals surface area contributed by atoms with E-state index in [9.17, 15) is 9.59 Å². The van der Waals surface area contributed by atoms with Crippen molar-refractivity contribution in [1.82, 2.24) is 0 Å². The Hall–Kier alpha value is -4.12. The molecule has 0 bridgehead atoms. The number of hydrogen-bond acceptors (Lipinski definition) is 5. The summed E-state index contributed by atoms with van der Waals surface area (Å²) < 4.78 is 16.0. The molecule has 34 heavy (non-hydrogen) atoms. The summed E-state index contributed by atoms with van der Waals surface area (Å²) >= 11 is 0. The first-order chi connectivity index (χ1) is 16.4. The maximum atomic E-state index is 12.9. The van der Waals surface area contributed by atoms with E-state index in [-0.39, 0.29) is 18.0 Å². The topological polar surface area (TPSA) is 61.8 Å². The van der Waals surface area contributed by atoms with Crippen molar-refractivity contribution in [3.8, 4) is 5.75 Å². The quantitative estimate of drug-likeness (QED) is 0.173. The van der Waals surface area contributed by atoms with Crippen molar-refractivity contribution >= 4 is 23.4 Å². The lowest BCUT2D eigenvalue weighted by atomic mass is 10.0. The Morgan fingerprint density at radius 2 is 1.56 bits per heavy atom. The molecule has 3 rings (SSSR count). The molecule has 0 saturated heterocycles. The van der Waals surface area contributed by atoms with Gasteiger partial charge in [-0.2, -0.15) is 0 Å². The van der Waals surface area contributed by atoms with Gasteiger partial charge in [-0.25, -0.2) is 4.79 Å². The fourth-order valence-electron chi connectivity index (χ4n) is 3.44. The second kappa shape index (κ2) is 11.7. The summed E-state index contributed by atoms with van der Waals surface area (Å²) in [5, 5.41) is 0. The molecule has 5 nitrogen and oxygen atoms in total. The molecule has 5 heteroatoms. The van der Waals surface area contributed by atoms with Gasteiger partial charge in [-0.3, -0.25) is 4.79 Å². The summed E-state index contributed by atoms with van der Waals surface area (Å²) in [7, 11) is 2.79. The molecule has 0 atom stereocenters. The van der Waals surface area contributed by atoms with Crippen LogP contribution in [0.5, 0.6) is 5.75 Å². The van der Waals surface area contributed by atoms with E-state index in [1.165, 1.54) is 31.6 Å². The predicted molar refractivity (Wildman–Crippen MR) is 133 cm³/mol. The normalized spacial score (nSPS) is 11.4. The molecule has 0 radical (unpaired) electrons. The third-order valence-electron chi connectivity index (χ3n) is 5.44. The van der Waals surface area contributed by atoms with E-state index in [1.54, 1.807) is 36.4 Å². The summed E-state index contributed by atoms with van der Waals surface area (Å²) in [6, 6.07) is 20.5. The van der Waals surface area contributed by atoms with E-state index >= 15 is 0 Å². The maximum Gasteiger partial charge on any atom is 0.341 e. The third-order valence-corrected chi connectivity index (χ3v) is 5.44. The van der Waals surface area contributed by atoms with Crippen molar-refractivity contribution in [3.63, 3.8) is 0 Å². The molecule has 3 aromatic carbocycles. The van der Waals surface area contributed by atoms with E-state index in [2.05, 4.69) is 6.92 Å². The summed E-state index contributed by atoms with van der Waals surface area (Å²) in [5.41, 5.74) is 5.47. The van der Waals surface area contributed by atoms with Gasteiger partial charge in [0.1, 0.15) is 17.9 Å². The second-order valence-corrected chi connectivity index (χ2v) is 7.74. The number of esters is 1. The molecular weight excluding hydrogens is 428 g/mol. The Kier molecular flexibility index (Phi) is 8.41. The second-order valence-electron chi connectivity index (χ2n) is 7.74.